The molecule has 92 valence electrons. The molecular formula is C12H21FN2O. The summed E-state index contributed by atoms with van der Waals surface area (Å²) < 4.78 is 12.9. The van der Waals surface area contributed by atoms with Gasteiger partial charge in [0, 0.05) is 19.5 Å². The first kappa shape index (κ1) is 11.8. The summed E-state index contributed by atoms with van der Waals surface area (Å²) in [7, 11) is 0. The van der Waals surface area contributed by atoms with Crippen LogP contribution in [-0.2, 0) is 4.79 Å². The van der Waals surface area contributed by atoms with Gasteiger partial charge in [0.15, 0.2) is 0 Å². The molecule has 2 heterocycles. The molecule has 2 saturated heterocycles. The number of nitrogens with one attached hydrogen (secondary N) is 1. The quantitative estimate of drug-likeness (QED) is 0.773. The number of nitrogens with zero attached hydrogens (tertiary/aromatic N) is 1. The first-order valence-corrected chi connectivity index (χ1v) is 6.38. The summed E-state index contributed by atoms with van der Waals surface area (Å²) in [6.07, 6.45) is 3.23. The maximum Gasteiger partial charge on any atom is 0.222 e. The molecule has 0 radical (unpaired) electrons. The molecule has 0 aromatic heterocycles. The van der Waals surface area contributed by atoms with Gasteiger partial charge in [-0.05, 0) is 44.7 Å². The van der Waals surface area contributed by atoms with Gasteiger partial charge >= 0.3 is 0 Å². The minimum absolute atomic E-state index is 0.235. The zero-order valence-electron chi connectivity index (χ0n) is 9.75. The van der Waals surface area contributed by atoms with Crippen LogP contribution < -0.4 is 5.32 Å². The molecule has 3 nitrogen and oxygen atoms in total. The molecule has 0 spiro atoms. The van der Waals surface area contributed by atoms with E-state index in [2.05, 4.69) is 5.32 Å². The molecule has 4 heteroatoms. The molecule has 2 fully saturated rings. The molecule has 2 rings (SSSR count). The maximum atomic E-state index is 12.9. The van der Waals surface area contributed by atoms with Crippen molar-refractivity contribution in [2.24, 2.45) is 5.92 Å². The lowest BCUT2D eigenvalue weighted by molar-refractivity contribution is -0.133. The average Bonchev–Trinajstić information content (AvgIpc) is 2.31. The van der Waals surface area contributed by atoms with Crippen LogP contribution in [-0.4, -0.2) is 43.2 Å². The molecule has 2 aliphatic rings. The van der Waals surface area contributed by atoms with Gasteiger partial charge in [-0.15, -0.1) is 0 Å². The van der Waals surface area contributed by atoms with Gasteiger partial charge < -0.3 is 10.2 Å². The van der Waals surface area contributed by atoms with Crippen LogP contribution in [0.2, 0.25) is 0 Å². The standard InChI is InChI=1S/C12H21FN2O/c13-11-3-7-15(8-4-11)12(16)9-10-1-5-14-6-2-10/h10-11,14H,1-9H2. The zero-order valence-corrected chi connectivity index (χ0v) is 9.75. The van der Waals surface area contributed by atoms with Crippen molar-refractivity contribution in [1.29, 1.82) is 0 Å². The van der Waals surface area contributed by atoms with Crippen LogP contribution in [0.15, 0.2) is 0 Å². The Morgan fingerprint density at radius 2 is 1.81 bits per heavy atom. The lowest BCUT2D eigenvalue weighted by Crippen LogP contribution is -2.40. The van der Waals surface area contributed by atoms with Crippen LogP contribution >= 0.6 is 0 Å². The van der Waals surface area contributed by atoms with Crippen LogP contribution in [0.4, 0.5) is 4.39 Å². The molecule has 0 aliphatic carbocycles. The zero-order chi connectivity index (χ0) is 11.4. The highest BCUT2D eigenvalue weighted by Gasteiger charge is 2.24. The smallest absolute Gasteiger partial charge is 0.222 e. The lowest BCUT2D eigenvalue weighted by atomic mass is 9.93. The Morgan fingerprint density at radius 3 is 2.44 bits per heavy atom. The molecule has 16 heavy (non-hydrogen) atoms. The molecule has 0 aromatic rings. The molecule has 2 aliphatic heterocycles. The van der Waals surface area contributed by atoms with Gasteiger partial charge in [0.05, 0.1) is 0 Å². The van der Waals surface area contributed by atoms with Gasteiger partial charge in [0.25, 0.3) is 0 Å². The number of hydrogen-bond donors (Lipinski definition) is 1. The molecule has 1 amide bonds. The van der Waals surface area contributed by atoms with Gasteiger partial charge in [-0.25, -0.2) is 4.39 Å². The summed E-state index contributed by atoms with van der Waals surface area (Å²) in [5.41, 5.74) is 0. The first-order chi connectivity index (χ1) is 7.75. The minimum atomic E-state index is -0.692. The van der Waals surface area contributed by atoms with Gasteiger partial charge in [0.1, 0.15) is 6.17 Å². The Balaban J connectivity index is 1.74. The first-order valence-electron chi connectivity index (χ1n) is 6.38. The lowest BCUT2D eigenvalue weighted by Gasteiger charge is -2.31. The van der Waals surface area contributed by atoms with Crippen molar-refractivity contribution in [3.63, 3.8) is 0 Å². The Hall–Kier alpha value is -0.640. The Labute approximate surface area is 96.4 Å². The normalized spacial score (nSPS) is 24.7. The van der Waals surface area contributed by atoms with Gasteiger partial charge in [0.2, 0.25) is 5.91 Å². The number of alkyl halides is 1. The van der Waals surface area contributed by atoms with Gasteiger partial charge in [-0.3, -0.25) is 4.79 Å². The van der Waals surface area contributed by atoms with E-state index in [1.165, 1.54) is 0 Å². The van der Waals surface area contributed by atoms with E-state index in [0.717, 1.165) is 25.9 Å². The number of carbonyl (C=O) groups excluding carboxylic acids is 1. The van der Waals surface area contributed by atoms with Gasteiger partial charge in [-0.2, -0.15) is 0 Å². The summed E-state index contributed by atoms with van der Waals surface area (Å²) in [4.78, 5) is 13.8. The summed E-state index contributed by atoms with van der Waals surface area (Å²) in [5, 5.41) is 3.30. The van der Waals surface area contributed by atoms with E-state index in [4.69, 9.17) is 0 Å². The Morgan fingerprint density at radius 1 is 1.19 bits per heavy atom. The van der Waals surface area contributed by atoms with Crippen molar-refractivity contribution >= 4 is 5.91 Å². The highest BCUT2D eigenvalue weighted by atomic mass is 19.1. The topological polar surface area (TPSA) is 32.3 Å². The SMILES string of the molecule is O=C(CC1CCNCC1)N1CCC(F)CC1. The van der Waals surface area contributed by atoms with Crippen molar-refractivity contribution in [3.05, 3.63) is 0 Å². The van der Waals surface area contributed by atoms with Crippen LogP contribution in [0.3, 0.4) is 0 Å². The van der Waals surface area contributed by atoms with Crippen molar-refractivity contribution in [2.45, 2.75) is 38.3 Å². The van der Waals surface area contributed by atoms with E-state index >= 15 is 0 Å². The fourth-order valence-electron chi connectivity index (χ4n) is 2.56. The second-order valence-corrected chi connectivity index (χ2v) is 4.95. The molecule has 0 atom stereocenters. The second kappa shape index (κ2) is 5.62. The van der Waals surface area contributed by atoms with Crippen molar-refractivity contribution < 1.29 is 9.18 Å². The maximum absolute atomic E-state index is 12.9. The summed E-state index contributed by atoms with van der Waals surface area (Å²) >= 11 is 0. The number of amides is 1. The molecule has 0 aromatic carbocycles. The van der Waals surface area contributed by atoms with Crippen LogP contribution in [0, 0.1) is 5.92 Å². The Kier molecular flexibility index (Phi) is 4.16. The molecular weight excluding hydrogens is 207 g/mol. The van der Waals surface area contributed by atoms with Crippen LogP contribution in [0.1, 0.15) is 32.1 Å². The number of rotatable bonds is 2. The summed E-state index contributed by atoms with van der Waals surface area (Å²) in [6, 6.07) is 0. The minimum Gasteiger partial charge on any atom is -0.342 e. The number of halogens is 1. The second-order valence-electron chi connectivity index (χ2n) is 4.95. The third-order valence-corrected chi connectivity index (χ3v) is 3.70. The third kappa shape index (κ3) is 3.17. The van der Waals surface area contributed by atoms with E-state index in [9.17, 15) is 9.18 Å². The van der Waals surface area contributed by atoms with Crippen LogP contribution in [0.5, 0.6) is 0 Å². The summed E-state index contributed by atoms with van der Waals surface area (Å²) in [5.74, 6) is 0.774. The van der Waals surface area contributed by atoms with E-state index in [-0.39, 0.29) is 5.91 Å². The predicted octanol–water partition coefficient (Wildman–Crippen LogP) is 1.34. The summed E-state index contributed by atoms with van der Waals surface area (Å²) in [6.45, 7) is 3.30. The van der Waals surface area contributed by atoms with E-state index in [1.807, 2.05) is 4.90 Å². The van der Waals surface area contributed by atoms with E-state index < -0.39 is 6.17 Å². The number of likely N-dealkylation sites (tertiary alicyclic amines) is 1. The fourth-order valence-corrected chi connectivity index (χ4v) is 2.56. The van der Waals surface area contributed by atoms with Crippen LogP contribution in [0.25, 0.3) is 0 Å². The van der Waals surface area contributed by atoms with E-state index in [0.29, 0.717) is 38.3 Å². The molecule has 0 unspecified atom stereocenters. The third-order valence-electron chi connectivity index (χ3n) is 3.70. The molecule has 0 bridgehead atoms. The Bertz CT molecular complexity index is 233. The number of hydrogen-bond acceptors (Lipinski definition) is 2. The highest BCUT2D eigenvalue weighted by molar-refractivity contribution is 5.76. The number of piperidine rings is 2. The monoisotopic (exact) mass is 228 g/mol. The van der Waals surface area contributed by atoms with Crippen molar-refractivity contribution in [3.8, 4) is 0 Å². The number of carbonyl (C=O) groups is 1. The molecule has 0 saturated carbocycles. The van der Waals surface area contributed by atoms with Crippen molar-refractivity contribution in [2.75, 3.05) is 26.2 Å². The van der Waals surface area contributed by atoms with Gasteiger partial charge in [-0.1, -0.05) is 0 Å². The highest BCUT2D eigenvalue weighted by Crippen LogP contribution is 2.20. The predicted molar refractivity (Wildman–Crippen MR) is 60.9 cm³/mol. The van der Waals surface area contributed by atoms with Crippen molar-refractivity contribution in [1.82, 2.24) is 10.2 Å². The average molecular weight is 228 g/mol. The largest absolute Gasteiger partial charge is 0.342 e. The van der Waals surface area contributed by atoms with E-state index in [1.54, 1.807) is 0 Å². The molecule has 1 N–H and O–H groups in total. The fraction of sp³-hybridized carbons (Fsp3) is 0.917.